The highest BCUT2D eigenvalue weighted by atomic mass is 35.5. The van der Waals surface area contributed by atoms with Crippen LogP contribution in [0.3, 0.4) is 0 Å². The van der Waals surface area contributed by atoms with Gasteiger partial charge < -0.3 is 5.32 Å². The maximum absolute atomic E-state index is 6.30. The number of halogens is 1. The lowest BCUT2D eigenvalue weighted by molar-refractivity contribution is 0.102. The Morgan fingerprint density at radius 2 is 2.24 bits per heavy atom. The molecule has 1 saturated carbocycles. The van der Waals surface area contributed by atoms with Crippen LogP contribution in [0, 0.1) is 11.3 Å². The van der Waals surface area contributed by atoms with E-state index in [1.165, 1.54) is 30.6 Å². The molecule has 1 N–H and O–H groups in total. The van der Waals surface area contributed by atoms with Crippen molar-refractivity contribution in [3.63, 3.8) is 0 Å². The Morgan fingerprint density at radius 3 is 2.76 bits per heavy atom. The summed E-state index contributed by atoms with van der Waals surface area (Å²) in [6, 6.07) is 2.43. The lowest BCUT2D eigenvalue weighted by Gasteiger charge is -2.43. The van der Waals surface area contributed by atoms with E-state index < -0.39 is 0 Å². The molecule has 17 heavy (non-hydrogen) atoms. The van der Waals surface area contributed by atoms with E-state index >= 15 is 0 Å². The summed E-state index contributed by atoms with van der Waals surface area (Å²) in [7, 11) is 2.06. The van der Waals surface area contributed by atoms with Crippen LogP contribution < -0.4 is 5.32 Å². The minimum atomic E-state index is 0.415. The van der Waals surface area contributed by atoms with Gasteiger partial charge in [-0.3, -0.25) is 0 Å². The van der Waals surface area contributed by atoms with Crippen LogP contribution in [0.5, 0.6) is 0 Å². The zero-order valence-electron chi connectivity index (χ0n) is 10.9. The molecule has 0 saturated heterocycles. The van der Waals surface area contributed by atoms with Crippen LogP contribution in [0.1, 0.15) is 50.4 Å². The molecule has 0 amide bonds. The summed E-state index contributed by atoms with van der Waals surface area (Å²) < 4.78 is 0. The lowest BCUT2D eigenvalue weighted by atomic mass is 9.65. The summed E-state index contributed by atoms with van der Waals surface area (Å²) in [6.07, 6.45) is 5.37. The smallest absolute Gasteiger partial charge is 0.0561 e. The average molecular weight is 272 g/mol. The summed E-state index contributed by atoms with van der Waals surface area (Å²) >= 11 is 8.08. The Hall–Kier alpha value is -0.0500. The van der Waals surface area contributed by atoms with Crippen molar-refractivity contribution in [2.75, 3.05) is 7.05 Å². The van der Waals surface area contributed by atoms with Crippen LogP contribution in [-0.4, -0.2) is 7.05 Å². The first kappa shape index (κ1) is 13.4. The predicted octanol–water partition coefficient (Wildman–Crippen LogP) is 4.88. The van der Waals surface area contributed by atoms with Crippen LogP contribution in [0.15, 0.2) is 11.4 Å². The van der Waals surface area contributed by atoms with Crippen LogP contribution in [0.25, 0.3) is 0 Å². The summed E-state index contributed by atoms with van der Waals surface area (Å²) in [5.41, 5.74) is 0.416. The third kappa shape index (κ3) is 2.69. The fraction of sp³-hybridized carbons (Fsp3) is 0.714. The fourth-order valence-electron chi connectivity index (χ4n) is 3.18. The zero-order valence-corrected chi connectivity index (χ0v) is 12.5. The number of hydrogen-bond donors (Lipinski definition) is 1. The third-order valence-electron chi connectivity index (χ3n) is 4.23. The predicted molar refractivity (Wildman–Crippen MR) is 76.9 cm³/mol. The molecule has 1 heterocycles. The highest BCUT2D eigenvalue weighted by Crippen LogP contribution is 2.48. The van der Waals surface area contributed by atoms with Gasteiger partial charge in [-0.05, 0) is 42.7 Å². The Kier molecular flexibility index (Phi) is 4.17. The van der Waals surface area contributed by atoms with Gasteiger partial charge in [0.2, 0.25) is 0 Å². The maximum atomic E-state index is 6.30. The van der Waals surface area contributed by atoms with E-state index in [2.05, 4.69) is 31.6 Å². The van der Waals surface area contributed by atoms with Crippen LogP contribution in [0.4, 0.5) is 0 Å². The van der Waals surface area contributed by atoms with Crippen molar-refractivity contribution in [3.8, 4) is 0 Å². The highest BCUT2D eigenvalue weighted by Gasteiger charge is 2.38. The summed E-state index contributed by atoms with van der Waals surface area (Å²) in [5.74, 6) is 0.692. The van der Waals surface area contributed by atoms with Gasteiger partial charge in [-0.1, -0.05) is 38.3 Å². The second kappa shape index (κ2) is 5.29. The first-order valence-electron chi connectivity index (χ1n) is 6.46. The summed E-state index contributed by atoms with van der Waals surface area (Å²) in [4.78, 5) is 1.31. The molecule has 2 atom stereocenters. The van der Waals surface area contributed by atoms with Crippen molar-refractivity contribution in [1.82, 2.24) is 5.32 Å². The summed E-state index contributed by atoms with van der Waals surface area (Å²) in [5, 5.41) is 6.52. The molecular formula is C14H22ClNS. The van der Waals surface area contributed by atoms with Crippen molar-refractivity contribution in [2.24, 2.45) is 11.3 Å². The van der Waals surface area contributed by atoms with E-state index in [1.807, 2.05) is 6.07 Å². The number of nitrogens with one attached hydrogen (secondary N) is 1. The standard InChI is InChI=1S/C14H22ClNS/c1-14(2)8-5-4-6-10(14)12(16-3)13-11(15)7-9-17-13/h7,9-10,12,16H,4-6,8H2,1-3H3. The molecule has 0 aromatic carbocycles. The van der Waals surface area contributed by atoms with Gasteiger partial charge in [0.25, 0.3) is 0 Å². The molecule has 1 aromatic rings. The number of rotatable bonds is 3. The van der Waals surface area contributed by atoms with Gasteiger partial charge >= 0.3 is 0 Å². The van der Waals surface area contributed by atoms with E-state index in [1.54, 1.807) is 11.3 Å². The first-order chi connectivity index (χ1) is 8.06. The minimum Gasteiger partial charge on any atom is -0.312 e. The highest BCUT2D eigenvalue weighted by molar-refractivity contribution is 7.10. The van der Waals surface area contributed by atoms with E-state index in [9.17, 15) is 0 Å². The van der Waals surface area contributed by atoms with Crippen molar-refractivity contribution in [3.05, 3.63) is 21.3 Å². The molecule has 2 rings (SSSR count). The topological polar surface area (TPSA) is 12.0 Å². The molecule has 1 fully saturated rings. The number of thiophene rings is 1. The monoisotopic (exact) mass is 271 g/mol. The van der Waals surface area contributed by atoms with Crippen molar-refractivity contribution in [1.29, 1.82) is 0 Å². The van der Waals surface area contributed by atoms with Crippen LogP contribution >= 0.6 is 22.9 Å². The van der Waals surface area contributed by atoms with Gasteiger partial charge in [0.05, 0.1) is 5.02 Å². The second-order valence-electron chi connectivity index (χ2n) is 5.74. The molecule has 1 aliphatic rings. The van der Waals surface area contributed by atoms with Gasteiger partial charge in [0, 0.05) is 10.9 Å². The average Bonchev–Trinajstić information content (AvgIpc) is 2.68. The second-order valence-corrected chi connectivity index (χ2v) is 7.09. The molecule has 0 bridgehead atoms. The molecule has 1 nitrogen and oxygen atoms in total. The maximum Gasteiger partial charge on any atom is 0.0561 e. The Balaban J connectivity index is 2.26. The normalized spacial score (nSPS) is 25.8. The summed E-state index contributed by atoms with van der Waals surface area (Å²) in [6.45, 7) is 4.81. The fourth-order valence-corrected chi connectivity index (χ4v) is 4.53. The van der Waals surface area contributed by atoms with E-state index in [-0.39, 0.29) is 0 Å². The Bertz CT molecular complexity index is 372. The minimum absolute atomic E-state index is 0.415. The van der Waals surface area contributed by atoms with Crippen LogP contribution in [-0.2, 0) is 0 Å². The van der Waals surface area contributed by atoms with Gasteiger partial charge in [0.15, 0.2) is 0 Å². The zero-order chi connectivity index (χ0) is 12.5. The van der Waals surface area contributed by atoms with Gasteiger partial charge in [-0.25, -0.2) is 0 Å². The van der Waals surface area contributed by atoms with Crippen molar-refractivity contribution >= 4 is 22.9 Å². The molecule has 3 heteroatoms. The molecule has 0 aliphatic heterocycles. The Labute approximate surface area is 114 Å². The molecule has 96 valence electrons. The molecular weight excluding hydrogens is 250 g/mol. The molecule has 1 aromatic heterocycles. The van der Waals surface area contributed by atoms with Crippen molar-refractivity contribution in [2.45, 2.75) is 45.6 Å². The number of hydrogen-bond acceptors (Lipinski definition) is 2. The third-order valence-corrected chi connectivity index (χ3v) is 5.67. The van der Waals surface area contributed by atoms with E-state index in [0.29, 0.717) is 17.4 Å². The lowest BCUT2D eigenvalue weighted by Crippen LogP contribution is -2.37. The quantitative estimate of drug-likeness (QED) is 0.826. The van der Waals surface area contributed by atoms with E-state index in [4.69, 9.17) is 11.6 Å². The largest absolute Gasteiger partial charge is 0.312 e. The molecule has 1 aliphatic carbocycles. The molecule has 0 spiro atoms. The molecule has 0 radical (unpaired) electrons. The van der Waals surface area contributed by atoms with E-state index in [0.717, 1.165) is 5.02 Å². The SMILES string of the molecule is CNC(c1sccc1Cl)C1CCCCC1(C)C. The Morgan fingerprint density at radius 1 is 1.47 bits per heavy atom. The van der Waals surface area contributed by atoms with Gasteiger partial charge in [0.1, 0.15) is 0 Å². The van der Waals surface area contributed by atoms with Gasteiger partial charge in [-0.15, -0.1) is 11.3 Å². The van der Waals surface area contributed by atoms with Crippen LogP contribution in [0.2, 0.25) is 5.02 Å². The van der Waals surface area contributed by atoms with Gasteiger partial charge in [-0.2, -0.15) is 0 Å². The van der Waals surface area contributed by atoms with Crippen molar-refractivity contribution < 1.29 is 0 Å². The first-order valence-corrected chi connectivity index (χ1v) is 7.72. The molecule has 2 unspecified atom stereocenters.